The van der Waals surface area contributed by atoms with Crippen LogP contribution in [0, 0.1) is 17.8 Å². The molecular formula is C31H42N2O6. The number of piperidine rings is 1. The average Bonchev–Trinajstić information content (AvgIpc) is 3.77. The van der Waals surface area contributed by atoms with E-state index in [1.54, 1.807) is 14.2 Å². The van der Waals surface area contributed by atoms with Crippen molar-refractivity contribution in [3.05, 3.63) is 53.6 Å². The van der Waals surface area contributed by atoms with E-state index in [9.17, 15) is 9.59 Å². The largest absolute Gasteiger partial charge is 0.491 e. The zero-order chi connectivity index (χ0) is 27.2. The fourth-order valence-electron chi connectivity index (χ4n) is 6.46. The molecule has 2 aliphatic heterocycles. The topological polar surface area (TPSA) is 86.3 Å². The van der Waals surface area contributed by atoms with Gasteiger partial charge in [-0.1, -0.05) is 30.4 Å². The summed E-state index contributed by atoms with van der Waals surface area (Å²) in [5, 5.41) is 3.43. The molecule has 3 fully saturated rings. The van der Waals surface area contributed by atoms with Crippen molar-refractivity contribution in [2.45, 2.75) is 56.7 Å². The van der Waals surface area contributed by atoms with Gasteiger partial charge in [0, 0.05) is 52.3 Å². The van der Waals surface area contributed by atoms with Gasteiger partial charge >= 0.3 is 5.97 Å². The Morgan fingerprint density at radius 3 is 2.67 bits per heavy atom. The van der Waals surface area contributed by atoms with Crippen LogP contribution in [-0.2, 0) is 36.8 Å². The highest BCUT2D eigenvalue weighted by Gasteiger charge is 2.58. The predicted molar refractivity (Wildman–Crippen MR) is 147 cm³/mol. The maximum Gasteiger partial charge on any atom is 0.307 e. The molecule has 1 amide bonds. The van der Waals surface area contributed by atoms with E-state index in [1.807, 2.05) is 23.1 Å². The lowest BCUT2D eigenvalue weighted by Gasteiger charge is -2.52. The molecule has 0 radical (unpaired) electrons. The summed E-state index contributed by atoms with van der Waals surface area (Å²) in [6, 6.07) is 6.51. The van der Waals surface area contributed by atoms with Gasteiger partial charge in [0.2, 0.25) is 5.91 Å². The van der Waals surface area contributed by atoms with Crippen LogP contribution in [0.15, 0.2) is 42.5 Å². The van der Waals surface area contributed by atoms with Gasteiger partial charge in [-0.25, -0.2) is 0 Å². The summed E-state index contributed by atoms with van der Waals surface area (Å²) in [6.45, 7) is 3.42. The van der Waals surface area contributed by atoms with Crippen LogP contribution < -0.4 is 10.1 Å². The molecule has 8 heteroatoms. The molecule has 1 N–H and O–H groups in total. The Kier molecular flexibility index (Phi) is 9.05. The molecule has 2 aliphatic carbocycles. The van der Waals surface area contributed by atoms with Crippen molar-refractivity contribution in [1.29, 1.82) is 0 Å². The minimum absolute atomic E-state index is 0.0159. The number of nitrogens with zero attached hydrogens (tertiary/aromatic N) is 1. The summed E-state index contributed by atoms with van der Waals surface area (Å²) in [7, 11) is 3.38. The number of fused-ring (bicyclic) bond motifs is 2. The molecule has 212 valence electrons. The number of carbonyl (C=O) groups excluding carboxylic acids is 2. The third kappa shape index (κ3) is 6.39. The number of carbonyl (C=O) groups is 2. The third-order valence-corrected chi connectivity index (χ3v) is 8.47. The first-order valence-electron chi connectivity index (χ1n) is 14.4. The van der Waals surface area contributed by atoms with E-state index < -0.39 is 11.5 Å². The Morgan fingerprint density at radius 2 is 1.87 bits per heavy atom. The SMILES string of the molecule is COCCCc1cc(CN(C(=O)C2CNCC[C@@]23OC(=O)CC2C=CC=CC23)C2CC2)cc(OCCOC)c1. The van der Waals surface area contributed by atoms with Crippen molar-refractivity contribution < 1.29 is 28.5 Å². The van der Waals surface area contributed by atoms with Crippen LogP contribution in [0.3, 0.4) is 0 Å². The van der Waals surface area contributed by atoms with Gasteiger partial charge in [0.1, 0.15) is 18.0 Å². The maximum atomic E-state index is 14.4. The van der Waals surface area contributed by atoms with Gasteiger partial charge in [0.25, 0.3) is 0 Å². The Labute approximate surface area is 231 Å². The van der Waals surface area contributed by atoms with Gasteiger partial charge in [0.15, 0.2) is 0 Å². The number of benzene rings is 1. The van der Waals surface area contributed by atoms with E-state index in [4.69, 9.17) is 18.9 Å². The fourth-order valence-corrected chi connectivity index (χ4v) is 6.46. The minimum atomic E-state index is -0.812. The lowest BCUT2D eigenvalue weighted by atomic mass is 9.64. The van der Waals surface area contributed by atoms with E-state index >= 15 is 0 Å². The van der Waals surface area contributed by atoms with E-state index in [0.29, 0.717) is 45.8 Å². The summed E-state index contributed by atoms with van der Waals surface area (Å²) in [4.78, 5) is 29.3. The average molecular weight is 539 g/mol. The van der Waals surface area contributed by atoms with Crippen molar-refractivity contribution in [2.24, 2.45) is 17.8 Å². The van der Waals surface area contributed by atoms with Gasteiger partial charge in [-0.3, -0.25) is 9.59 Å². The number of allylic oxidation sites excluding steroid dienone is 3. The molecule has 39 heavy (non-hydrogen) atoms. The molecule has 2 saturated heterocycles. The molecule has 1 aromatic rings. The van der Waals surface area contributed by atoms with Crippen molar-refractivity contribution in [3.8, 4) is 5.75 Å². The van der Waals surface area contributed by atoms with Crippen molar-refractivity contribution in [3.63, 3.8) is 0 Å². The molecule has 4 aliphatic rings. The quantitative estimate of drug-likeness (QED) is 0.322. The van der Waals surface area contributed by atoms with Crippen molar-refractivity contribution in [2.75, 3.05) is 47.1 Å². The lowest BCUT2D eigenvalue weighted by Crippen LogP contribution is -2.64. The van der Waals surface area contributed by atoms with E-state index in [2.05, 4.69) is 29.6 Å². The number of methoxy groups -OCH3 is 2. The molecule has 1 aromatic carbocycles. The first kappa shape index (κ1) is 27.9. The highest BCUT2D eigenvalue weighted by Crippen LogP contribution is 2.48. The molecule has 8 nitrogen and oxygen atoms in total. The standard InChI is InChI=1S/C31H42N2O6/c1-36-13-5-6-22-16-23(18-26(17-22)38-15-14-37-2)21-33(25-9-10-25)30(35)28-20-32-12-11-31(28)27-8-4-3-7-24(27)19-29(34)39-31/h3-4,7-8,16-18,24-25,27-28,32H,5-6,9-15,19-21H2,1-2H3/t24?,27?,28?,31-/m0/s1. The molecule has 0 bridgehead atoms. The summed E-state index contributed by atoms with van der Waals surface area (Å²) < 4.78 is 22.6. The summed E-state index contributed by atoms with van der Waals surface area (Å²) in [5.41, 5.74) is 1.40. The molecule has 3 unspecified atom stereocenters. The number of hydrogen-bond acceptors (Lipinski definition) is 7. The van der Waals surface area contributed by atoms with Gasteiger partial charge in [0.05, 0.1) is 18.9 Å². The maximum absolute atomic E-state index is 14.4. The van der Waals surface area contributed by atoms with Crippen LogP contribution in [0.4, 0.5) is 0 Å². The monoisotopic (exact) mass is 538 g/mol. The normalized spacial score (nSPS) is 27.7. The Morgan fingerprint density at radius 1 is 1.08 bits per heavy atom. The van der Waals surface area contributed by atoms with Gasteiger partial charge < -0.3 is 29.2 Å². The van der Waals surface area contributed by atoms with E-state index in [1.165, 1.54) is 5.56 Å². The molecule has 5 rings (SSSR count). The van der Waals surface area contributed by atoms with Gasteiger partial charge in [-0.2, -0.15) is 0 Å². The number of hydrogen-bond donors (Lipinski definition) is 1. The number of amides is 1. The van der Waals surface area contributed by atoms with Gasteiger partial charge in [-0.05, 0) is 61.4 Å². The molecule has 2 heterocycles. The number of rotatable bonds is 12. The van der Waals surface area contributed by atoms with Crippen LogP contribution in [0.25, 0.3) is 0 Å². The smallest absolute Gasteiger partial charge is 0.307 e. The van der Waals surface area contributed by atoms with Gasteiger partial charge in [-0.15, -0.1) is 0 Å². The Bertz CT molecular complexity index is 1050. The number of aryl methyl sites for hydroxylation is 1. The lowest BCUT2D eigenvalue weighted by molar-refractivity contribution is -0.196. The molecule has 1 spiro atoms. The zero-order valence-corrected chi connectivity index (χ0v) is 23.2. The highest BCUT2D eigenvalue weighted by atomic mass is 16.6. The van der Waals surface area contributed by atoms with Crippen LogP contribution >= 0.6 is 0 Å². The first-order valence-corrected chi connectivity index (χ1v) is 14.4. The zero-order valence-electron chi connectivity index (χ0n) is 23.2. The molecule has 0 aromatic heterocycles. The number of esters is 1. The van der Waals surface area contributed by atoms with Crippen molar-refractivity contribution in [1.82, 2.24) is 10.2 Å². The third-order valence-electron chi connectivity index (χ3n) is 8.47. The Balaban J connectivity index is 1.40. The summed E-state index contributed by atoms with van der Waals surface area (Å²) in [6.07, 6.45) is 13.1. The fraction of sp³-hybridized carbons (Fsp3) is 0.613. The number of nitrogens with one attached hydrogen (secondary N) is 1. The minimum Gasteiger partial charge on any atom is -0.491 e. The number of ether oxygens (including phenoxy) is 4. The molecule has 1 saturated carbocycles. The van der Waals surface area contributed by atoms with Crippen LogP contribution in [-0.4, -0.2) is 75.5 Å². The first-order chi connectivity index (χ1) is 19.0. The van der Waals surface area contributed by atoms with E-state index in [0.717, 1.165) is 43.5 Å². The van der Waals surface area contributed by atoms with E-state index in [-0.39, 0.29) is 29.8 Å². The second-order valence-electron chi connectivity index (χ2n) is 11.2. The molecule has 4 atom stereocenters. The predicted octanol–water partition coefficient (Wildman–Crippen LogP) is 3.44. The summed E-state index contributed by atoms with van der Waals surface area (Å²) >= 11 is 0. The second kappa shape index (κ2) is 12.7. The molecular weight excluding hydrogens is 496 g/mol. The van der Waals surface area contributed by atoms with Crippen LogP contribution in [0.5, 0.6) is 5.75 Å². The highest BCUT2D eigenvalue weighted by molar-refractivity contribution is 5.83. The summed E-state index contributed by atoms with van der Waals surface area (Å²) in [5.74, 6) is 0.334. The second-order valence-corrected chi connectivity index (χ2v) is 11.2. The van der Waals surface area contributed by atoms with Crippen LogP contribution in [0.2, 0.25) is 0 Å². The van der Waals surface area contributed by atoms with Crippen LogP contribution in [0.1, 0.15) is 43.2 Å². The van der Waals surface area contributed by atoms with Crippen molar-refractivity contribution >= 4 is 11.9 Å². The Hall–Kier alpha value is -2.68.